The second-order valence-electron chi connectivity index (χ2n) is 5.82. The lowest BCUT2D eigenvalue weighted by Gasteiger charge is -2.27. The molecule has 2 atom stereocenters. The highest BCUT2D eigenvalue weighted by atomic mass is 32.2. The van der Waals surface area contributed by atoms with Crippen molar-refractivity contribution in [2.24, 2.45) is 5.92 Å². The summed E-state index contributed by atoms with van der Waals surface area (Å²) < 4.78 is 53.4. The SMILES string of the molecule is O=C(c1ccccc1OC(F)F)C1CC2CCC(C1)S2(=O)=O. The maximum absolute atomic E-state index is 12.6. The van der Waals surface area contributed by atoms with Crippen LogP contribution in [-0.2, 0) is 9.84 Å². The number of sulfone groups is 1. The van der Waals surface area contributed by atoms with E-state index >= 15 is 0 Å². The number of fused-ring (bicyclic) bond motifs is 2. The zero-order chi connectivity index (χ0) is 15.9. The third kappa shape index (κ3) is 2.62. The first-order chi connectivity index (χ1) is 10.4. The standard InChI is InChI=1S/C15H16F2O4S/c16-15(17)21-13-4-2-1-3-12(13)14(18)9-7-10-5-6-11(8-9)22(10,19)20/h1-4,9-11,15H,5-8H2. The second kappa shape index (κ2) is 5.61. The Balaban J connectivity index is 1.84. The molecule has 2 bridgehead atoms. The first kappa shape index (κ1) is 15.4. The predicted molar refractivity (Wildman–Crippen MR) is 75.9 cm³/mol. The molecule has 2 saturated heterocycles. The van der Waals surface area contributed by atoms with E-state index in [1.165, 1.54) is 18.2 Å². The molecule has 2 fully saturated rings. The summed E-state index contributed by atoms with van der Waals surface area (Å²) in [6, 6.07) is 5.88. The monoisotopic (exact) mass is 330 g/mol. The minimum absolute atomic E-state index is 0.103. The van der Waals surface area contributed by atoms with Crippen molar-refractivity contribution in [2.75, 3.05) is 0 Å². The number of rotatable bonds is 4. The summed E-state index contributed by atoms with van der Waals surface area (Å²) in [4.78, 5) is 12.6. The molecule has 4 nitrogen and oxygen atoms in total. The topological polar surface area (TPSA) is 60.4 Å². The van der Waals surface area contributed by atoms with Gasteiger partial charge in [0.05, 0.1) is 16.1 Å². The molecule has 2 unspecified atom stereocenters. The van der Waals surface area contributed by atoms with E-state index in [9.17, 15) is 22.0 Å². The lowest BCUT2D eigenvalue weighted by Crippen LogP contribution is -2.36. The number of benzene rings is 1. The molecular formula is C15H16F2O4S. The number of ketones is 1. The number of alkyl halides is 2. The zero-order valence-corrected chi connectivity index (χ0v) is 12.6. The lowest BCUT2D eigenvalue weighted by molar-refractivity contribution is -0.0501. The molecule has 0 spiro atoms. The van der Waals surface area contributed by atoms with E-state index in [0.717, 1.165) is 0 Å². The molecule has 1 aromatic carbocycles. The summed E-state index contributed by atoms with van der Waals surface area (Å²) in [6.45, 7) is -3.00. The van der Waals surface area contributed by atoms with Crippen molar-refractivity contribution in [3.05, 3.63) is 29.8 Å². The number of hydrogen-bond donors (Lipinski definition) is 0. The summed E-state index contributed by atoms with van der Waals surface area (Å²) in [5, 5.41) is -0.938. The number of halogens is 2. The molecule has 0 aromatic heterocycles. The number of carbonyl (C=O) groups excluding carboxylic acids is 1. The van der Waals surface area contributed by atoms with E-state index in [2.05, 4.69) is 4.74 Å². The highest BCUT2D eigenvalue weighted by molar-refractivity contribution is 7.93. The van der Waals surface area contributed by atoms with Gasteiger partial charge in [0.15, 0.2) is 15.6 Å². The average molecular weight is 330 g/mol. The van der Waals surface area contributed by atoms with Crippen molar-refractivity contribution in [2.45, 2.75) is 42.8 Å². The molecule has 1 aromatic rings. The summed E-state index contributed by atoms with van der Waals surface area (Å²) in [5.41, 5.74) is 0.103. The van der Waals surface area contributed by atoms with Crippen LogP contribution in [0.15, 0.2) is 24.3 Å². The molecule has 2 heterocycles. The largest absolute Gasteiger partial charge is 0.434 e. The van der Waals surface area contributed by atoms with Crippen LogP contribution >= 0.6 is 0 Å². The lowest BCUT2D eigenvalue weighted by atomic mass is 9.90. The molecule has 2 aliphatic heterocycles. The van der Waals surface area contributed by atoms with Crippen LogP contribution in [-0.4, -0.2) is 31.3 Å². The summed E-state index contributed by atoms with van der Waals surface area (Å²) >= 11 is 0. The maximum Gasteiger partial charge on any atom is 0.387 e. The minimum atomic E-state index is -3.11. The molecule has 0 radical (unpaired) electrons. The van der Waals surface area contributed by atoms with Crippen molar-refractivity contribution >= 4 is 15.6 Å². The highest BCUT2D eigenvalue weighted by Gasteiger charge is 2.48. The van der Waals surface area contributed by atoms with Crippen molar-refractivity contribution in [1.82, 2.24) is 0 Å². The van der Waals surface area contributed by atoms with Crippen molar-refractivity contribution < 1.29 is 26.7 Å². The molecular weight excluding hydrogens is 314 g/mol. The molecule has 0 N–H and O–H groups in total. The smallest absolute Gasteiger partial charge is 0.387 e. The van der Waals surface area contributed by atoms with Gasteiger partial charge in [0.25, 0.3) is 0 Å². The summed E-state index contributed by atoms with van der Waals surface area (Å²) in [6.07, 6.45) is 1.74. The molecule has 7 heteroatoms. The number of ether oxygens (including phenoxy) is 1. The minimum Gasteiger partial charge on any atom is -0.434 e. The molecule has 3 rings (SSSR count). The molecule has 120 valence electrons. The molecule has 0 aliphatic carbocycles. The van der Waals surface area contributed by atoms with Crippen LogP contribution in [0.3, 0.4) is 0 Å². The maximum atomic E-state index is 12.6. The van der Waals surface area contributed by atoms with Crippen LogP contribution < -0.4 is 4.74 Å². The molecule has 0 amide bonds. The summed E-state index contributed by atoms with van der Waals surface area (Å²) in [5.74, 6) is -0.894. The molecule has 2 aliphatic rings. The first-order valence-electron chi connectivity index (χ1n) is 7.20. The van der Waals surface area contributed by atoms with Crippen molar-refractivity contribution in [3.8, 4) is 5.75 Å². The Morgan fingerprint density at radius 3 is 2.32 bits per heavy atom. The van der Waals surface area contributed by atoms with Crippen LogP contribution in [0.5, 0.6) is 5.75 Å². The Bertz CT molecular complexity index is 667. The van der Waals surface area contributed by atoms with Gasteiger partial charge < -0.3 is 4.74 Å². The van der Waals surface area contributed by atoms with E-state index in [1.54, 1.807) is 6.07 Å². The Morgan fingerprint density at radius 1 is 1.14 bits per heavy atom. The average Bonchev–Trinajstić information content (AvgIpc) is 2.66. The van der Waals surface area contributed by atoms with Gasteiger partial charge in [-0.25, -0.2) is 8.42 Å². The normalized spacial score (nSPS) is 29.5. The van der Waals surface area contributed by atoms with Crippen LogP contribution in [0.1, 0.15) is 36.0 Å². The van der Waals surface area contributed by atoms with Crippen molar-refractivity contribution in [3.63, 3.8) is 0 Å². The van der Waals surface area contributed by atoms with E-state index in [-0.39, 0.29) is 29.9 Å². The van der Waals surface area contributed by atoms with Crippen LogP contribution in [0.4, 0.5) is 8.78 Å². The van der Waals surface area contributed by atoms with Gasteiger partial charge in [-0.1, -0.05) is 12.1 Å². The second-order valence-corrected chi connectivity index (χ2v) is 8.33. The fourth-order valence-corrected chi connectivity index (χ4v) is 5.98. The van der Waals surface area contributed by atoms with Gasteiger partial charge >= 0.3 is 6.61 Å². The van der Waals surface area contributed by atoms with Gasteiger partial charge in [0.1, 0.15) is 5.75 Å². The number of Topliss-reactive ketones (excluding diaryl/α,β-unsaturated/α-hetero) is 1. The van der Waals surface area contributed by atoms with E-state index in [4.69, 9.17) is 0 Å². The van der Waals surface area contributed by atoms with Gasteiger partial charge in [0, 0.05) is 5.92 Å². The van der Waals surface area contributed by atoms with Crippen LogP contribution in [0, 0.1) is 5.92 Å². The van der Waals surface area contributed by atoms with Crippen LogP contribution in [0.2, 0.25) is 0 Å². The van der Waals surface area contributed by atoms with Crippen LogP contribution in [0.25, 0.3) is 0 Å². The fraction of sp³-hybridized carbons (Fsp3) is 0.533. The summed E-state index contributed by atoms with van der Waals surface area (Å²) in [7, 11) is -3.11. The van der Waals surface area contributed by atoms with Gasteiger partial charge in [-0.05, 0) is 37.8 Å². The third-order valence-electron chi connectivity index (χ3n) is 4.57. The van der Waals surface area contributed by atoms with E-state index < -0.39 is 32.9 Å². The Morgan fingerprint density at radius 2 is 1.73 bits per heavy atom. The Kier molecular flexibility index (Phi) is 3.92. The molecule has 0 saturated carbocycles. The van der Waals surface area contributed by atoms with E-state index in [1.807, 2.05) is 0 Å². The number of para-hydroxylation sites is 1. The van der Waals surface area contributed by atoms with Gasteiger partial charge in [-0.3, -0.25) is 4.79 Å². The number of hydrogen-bond acceptors (Lipinski definition) is 4. The van der Waals surface area contributed by atoms with Gasteiger partial charge in [-0.2, -0.15) is 8.78 Å². The predicted octanol–water partition coefficient (Wildman–Crippen LogP) is 2.83. The Labute approximate surface area is 127 Å². The fourth-order valence-electron chi connectivity index (χ4n) is 3.51. The zero-order valence-electron chi connectivity index (χ0n) is 11.7. The van der Waals surface area contributed by atoms with E-state index in [0.29, 0.717) is 12.8 Å². The molecule has 22 heavy (non-hydrogen) atoms. The van der Waals surface area contributed by atoms with Gasteiger partial charge in [0.2, 0.25) is 0 Å². The van der Waals surface area contributed by atoms with Gasteiger partial charge in [-0.15, -0.1) is 0 Å². The first-order valence-corrected chi connectivity index (χ1v) is 8.81. The third-order valence-corrected chi connectivity index (χ3v) is 7.29. The van der Waals surface area contributed by atoms with Crippen molar-refractivity contribution in [1.29, 1.82) is 0 Å². The quantitative estimate of drug-likeness (QED) is 0.797. The highest BCUT2D eigenvalue weighted by Crippen LogP contribution is 2.42. The number of carbonyl (C=O) groups is 1. The Hall–Kier alpha value is -1.50.